The van der Waals surface area contributed by atoms with E-state index >= 15 is 0 Å². The molecule has 0 bridgehead atoms. The highest BCUT2D eigenvalue weighted by atomic mass is 35.5. The van der Waals surface area contributed by atoms with E-state index in [4.69, 9.17) is 16.0 Å². The Morgan fingerprint density at radius 3 is 2.71 bits per heavy atom. The van der Waals surface area contributed by atoms with E-state index in [0.717, 1.165) is 49.6 Å². The zero-order valence-corrected chi connectivity index (χ0v) is 17.7. The summed E-state index contributed by atoms with van der Waals surface area (Å²) in [5.74, 6) is 1.49. The molecule has 0 aliphatic carbocycles. The maximum Gasteiger partial charge on any atom is 0.229 e. The molecule has 1 aliphatic rings. The Bertz CT molecular complexity index is 822. The fourth-order valence-electron chi connectivity index (χ4n) is 3.15. The molecule has 0 unspecified atom stereocenters. The van der Waals surface area contributed by atoms with Crippen LogP contribution in [0.25, 0.3) is 0 Å². The summed E-state index contributed by atoms with van der Waals surface area (Å²) in [6.45, 7) is 4.06. The number of rotatable bonds is 6. The fraction of sp³-hybridized carbons (Fsp3) is 0.421. The van der Waals surface area contributed by atoms with Crippen LogP contribution in [0.1, 0.15) is 31.0 Å². The Labute approximate surface area is 178 Å². The van der Waals surface area contributed by atoms with Crippen LogP contribution < -0.4 is 21.3 Å². The van der Waals surface area contributed by atoms with Gasteiger partial charge in [0.15, 0.2) is 0 Å². The number of aromatic nitrogens is 2. The SMILES string of the molecule is CCCc1cc(N2CC[C@H](NC)C2)nc(Nc2ccc(N)c(C#N)c2)n1.Cl.Cl. The van der Waals surface area contributed by atoms with E-state index in [1.54, 1.807) is 12.1 Å². The number of nitriles is 1. The van der Waals surface area contributed by atoms with Crippen LogP contribution in [0.5, 0.6) is 0 Å². The van der Waals surface area contributed by atoms with Gasteiger partial charge in [0.25, 0.3) is 0 Å². The van der Waals surface area contributed by atoms with Crippen LogP contribution in [0.3, 0.4) is 0 Å². The van der Waals surface area contributed by atoms with E-state index in [0.29, 0.717) is 23.2 Å². The van der Waals surface area contributed by atoms with Crippen LogP contribution in [-0.4, -0.2) is 36.1 Å². The highest BCUT2D eigenvalue weighted by molar-refractivity contribution is 5.85. The summed E-state index contributed by atoms with van der Waals surface area (Å²) >= 11 is 0. The van der Waals surface area contributed by atoms with Crippen LogP contribution in [0.2, 0.25) is 0 Å². The quantitative estimate of drug-likeness (QED) is 0.612. The van der Waals surface area contributed by atoms with Crippen molar-refractivity contribution < 1.29 is 0 Å². The second kappa shape index (κ2) is 10.9. The largest absolute Gasteiger partial charge is 0.398 e. The topological polar surface area (TPSA) is 103 Å². The molecule has 3 rings (SSSR count). The van der Waals surface area contributed by atoms with Gasteiger partial charge in [-0.05, 0) is 38.1 Å². The van der Waals surface area contributed by atoms with Gasteiger partial charge in [0, 0.05) is 42.3 Å². The fourth-order valence-corrected chi connectivity index (χ4v) is 3.15. The molecule has 9 heteroatoms. The van der Waals surface area contributed by atoms with Crippen molar-refractivity contribution in [2.24, 2.45) is 0 Å². The molecule has 0 saturated carbocycles. The zero-order valence-electron chi connectivity index (χ0n) is 16.1. The summed E-state index contributed by atoms with van der Waals surface area (Å²) in [5, 5.41) is 15.7. The van der Waals surface area contributed by atoms with Crippen molar-refractivity contribution in [2.45, 2.75) is 32.2 Å². The third-order valence-corrected chi connectivity index (χ3v) is 4.62. The predicted molar refractivity (Wildman–Crippen MR) is 119 cm³/mol. The molecule has 7 nitrogen and oxygen atoms in total. The van der Waals surface area contributed by atoms with Gasteiger partial charge in [-0.2, -0.15) is 10.2 Å². The van der Waals surface area contributed by atoms with Crippen molar-refractivity contribution in [3.05, 3.63) is 35.5 Å². The number of halogens is 2. The lowest BCUT2D eigenvalue weighted by atomic mass is 10.2. The number of nitrogen functional groups attached to an aromatic ring is 1. The number of nitrogens with two attached hydrogens (primary N) is 1. The highest BCUT2D eigenvalue weighted by Crippen LogP contribution is 2.24. The number of aryl methyl sites for hydroxylation is 1. The van der Waals surface area contributed by atoms with Gasteiger partial charge in [-0.3, -0.25) is 0 Å². The number of hydrogen-bond acceptors (Lipinski definition) is 7. The Morgan fingerprint density at radius 1 is 1.29 bits per heavy atom. The number of hydrogen-bond donors (Lipinski definition) is 3. The van der Waals surface area contributed by atoms with E-state index in [-0.39, 0.29) is 24.8 Å². The molecule has 152 valence electrons. The molecule has 0 radical (unpaired) electrons. The molecule has 2 aromatic rings. The molecule has 1 saturated heterocycles. The van der Waals surface area contributed by atoms with Crippen LogP contribution in [0.4, 0.5) is 23.1 Å². The Morgan fingerprint density at radius 2 is 2.07 bits per heavy atom. The third kappa shape index (κ3) is 5.61. The van der Waals surface area contributed by atoms with Crippen molar-refractivity contribution in [1.29, 1.82) is 5.26 Å². The molecular weight excluding hydrogens is 397 g/mol. The molecule has 0 amide bonds. The molecule has 1 aromatic heterocycles. The van der Waals surface area contributed by atoms with Gasteiger partial charge in [0.1, 0.15) is 11.9 Å². The second-order valence-electron chi connectivity index (χ2n) is 6.55. The van der Waals surface area contributed by atoms with Crippen LogP contribution in [0.15, 0.2) is 24.3 Å². The summed E-state index contributed by atoms with van der Waals surface area (Å²) in [4.78, 5) is 11.6. The molecule has 1 aromatic carbocycles. The predicted octanol–water partition coefficient (Wildman–Crippen LogP) is 3.27. The van der Waals surface area contributed by atoms with E-state index in [1.165, 1.54) is 0 Å². The van der Waals surface area contributed by atoms with Crippen molar-refractivity contribution in [1.82, 2.24) is 15.3 Å². The summed E-state index contributed by atoms with van der Waals surface area (Å²) in [6.07, 6.45) is 3.03. The third-order valence-electron chi connectivity index (χ3n) is 4.62. The first-order valence-electron chi connectivity index (χ1n) is 8.99. The van der Waals surface area contributed by atoms with Gasteiger partial charge in [-0.25, -0.2) is 4.98 Å². The van der Waals surface area contributed by atoms with Crippen molar-refractivity contribution >= 4 is 48.0 Å². The number of benzene rings is 1. The minimum atomic E-state index is 0. The summed E-state index contributed by atoms with van der Waals surface area (Å²) in [5.41, 5.74) is 8.48. The summed E-state index contributed by atoms with van der Waals surface area (Å²) in [6, 6.07) is 9.94. The van der Waals surface area contributed by atoms with Gasteiger partial charge in [0.2, 0.25) is 5.95 Å². The zero-order chi connectivity index (χ0) is 18.5. The molecule has 4 N–H and O–H groups in total. The second-order valence-corrected chi connectivity index (χ2v) is 6.55. The van der Waals surface area contributed by atoms with E-state index in [1.807, 2.05) is 13.1 Å². The number of nitrogens with one attached hydrogen (secondary N) is 2. The number of nitrogens with zero attached hydrogens (tertiary/aromatic N) is 4. The highest BCUT2D eigenvalue weighted by Gasteiger charge is 2.23. The minimum absolute atomic E-state index is 0. The molecule has 2 heterocycles. The minimum Gasteiger partial charge on any atom is -0.398 e. The molecule has 0 spiro atoms. The standard InChI is InChI=1S/C19H25N7.2ClH/c1-3-4-14-10-18(26-8-7-16(12-26)22-2)25-19(23-14)24-15-5-6-17(21)13(9-15)11-20;;/h5-6,9-10,16,22H,3-4,7-8,12,21H2,1-2H3,(H,23,24,25);2*1H/t16-;;/m0../s1. The number of likely N-dealkylation sites (N-methyl/N-ethyl adjacent to an activating group) is 1. The first-order chi connectivity index (χ1) is 12.6. The Kier molecular flexibility index (Phi) is 9.26. The Hall–Kier alpha value is -2.27. The van der Waals surface area contributed by atoms with Crippen LogP contribution in [0, 0.1) is 11.3 Å². The van der Waals surface area contributed by atoms with Gasteiger partial charge >= 0.3 is 0 Å². The first-order valence-corrected chi connectivity index (χ1v) is 8.99. The van der Waals surface area contributed by atoms with Crippen molar-refractivity contribution in [3.63, 3.8) is 0 Å². The lowest BCUT2D eigenvalue weighted by molar-refractivity contribution is 0.616. The van der Waals surface area contributed by atoms with Gasteiger partial charge in [-0.15, -0.1) is 24.8 Å². The lowest BCUT2D eigenvalue weighted by Crippen LogP contribution is -2.30. The average molecular weight is 424 g/mol. The molecular formula is C19H27Cl2N7. The molecule has 1 atom stereocenters. The summed E-state index contributed by atoms with van der Waals surface area (Å²) in [7, 11) is 2.00. The normalized spacial score (nSPS) is 15.3. The average Bonchev–Trinajstić information content (AvgIpc) is 3.13. The van der Waals surface area contributed by atoms with Gasteiger partial charge in [-0.1, -0.05) is 13.3 Å². The molecule has 28 heavy (non-hydrogen) atoms. The maximum atomic E-state index is 9.16. The van der Waals surface area contributed by atoms with Crippen molar-refractivity contribution in [2.75, 3.05) is 36.1 Å². The van der Waals surface area contributed by atoms with Crippen LogP contribution >= 0.6 is 24.8 Å². The molecule has 1 fully saturated rings. The smallest absolute Gasteiger partial charge is 0.229 e. The van der Waals surface area contributed by atoms with Crippen LogP contribution in [-0.2, 0) is 6.42 Å². The number of anilines is 4. The first kappa shape index (κ1) is 23.8. The lowest BCUT2D eigenvalue weighted by Gasteiger charge is -2.19. The van der Waals surface area contributed by atoms with E-state index in [9.17, 15) is 0 Å². The summed E-state index contributed by atoms with van der Waals surface area (Å²) < 4.78 is 0. The maximum absolute atomic E-state index is 9.16. The molecule has 1 aliphatic heterocycles. The van der Waals surface area contributed by atoms with E-state index < -0.39 is 0 Å². The van der Waals surface area contributed by atoms with E-state index in [2.05, 4.69) is 39.6 Å². The van der Waals surface area contributed by atoms with Gasteiger partial charge in [0.05, 0.1) is 5.56 Å². The Balaban J connectivity index is 0.00000196. The monoisotopic (exact) mass is 423 g/mol. The van der Waals surface area contributed by atoms with Crippen molar-refractivity contribution in [3.8, 4) is 6.07 Å². The van der Waals surface area contributed by atoms with Gasteiger partial charge < -0.3 is 21.3 Å².